The maximum absolute atomic E-state index is 14.1. The first kappa shape index (κ1) is 31.5. The Kier molecular flexibility index (Phi) is 10.6. The molecule has 3 aromatic carbocycles. The van der Waals surface area contributed by atoms with Gasteiger partial charge < -0.3 is 10.2 Å². The zero-order chi connectivity index (χ0) is 29.6. The normalized spacial score (nSPS) is 12.2. The molecular formula is C30H35Cl2N3O4S. The first-order valence-corrected chi connectivity index (χ1v) is 15.2. The van der Waals surface area contributed by atoms with Crippen molar-refractivity contribution in [2.75, 3.05) is 10.8 Å². The molecule has 3 rings (SSSR count). The maximum atomic E-state index is 14.1. The van der Waals surface area contributed by atoms with Gasteiger partial charge in [-0.15, -0.1) is 0 Å². The highest BCUT2D eigenvalue weighted by atomic mass is 35.5. The Morgan fingerprint density at radius 3 is 1.98 bits per heavy atom. The number of halogens is 2. The number of carbonyl (C=O) groups excluding carboxylic acids is 2. The van der Waals surface area contributed by atoms with Crippen molar-refractivity contribution in [3.05, 3.63) is 93.5 Å². The van der Waals surface area contributed by atoms with Gasteiger partial charge in [0.1, 0.15) is 12.6 Å². The quantitative estimate of drug-likeness (QED) is 0.285. The predicted molar refractivity (Wildman–Crippen MR) is 161 cm³/mol. The second kappa shape index (κ2) is 13.5. The highest BCUT2D eigenvalue weighted by Crippen LogP contribution is 2.31. The first-order valence-electron chi connectivity index (χ1n) is 13.0. The molecule has 0 spiro atoms. The number of amides is 2. The lowest BCUT2D eigenvalue weighted by atomic mass is 10.1. The predicted octanol–water partition coefficient (Wildman–Crippen LogP) is 6.14. The monoisotopic (exact) mass is 603 g/mol. The van der Waals surface area contributed by atoms with Crippen LogP contribution in [0.5, 0.6) is 0 Å². The molecule has 40 heavy (non-hydrogen) atoms. The van der Waals surface area contributed by atoms with Gasteiger partial charge in [0.25, 0.3) is 10.0 Å². The molecule has 2 amide bonds. The molecule has 7 nitrogen and oxygen atoms in total. The number of nitrogens with zero attached hydrogens (tertiary/aromatic N) is 2. The van der Waals surface area contributed by atoms with Crippen molar-refractivity contribution in [2.45, 2.75) is 64.6 Å². The fourth-order valence-electron chi connectivity index (χ4n) is 4.20. The van der Waals surface area contributed by atoms with E-state index in [1.165, 1.54) is 35.2 Å². The maximum Gasteiger partial charge on any atom is 0.264 e. The average Bonchev–Trinajstić information content (AvgIpc) is 2.89. The Labute approximate surface area is 247 Å². The molecule has 0 saturated carbocycles. The molecule has 1 N–H and O–H groups in total. The Balaban J connectivity index is 2.08. The van der Waals surface area contributed by atoms with Crippen molar-refractivity contribution in [1.82, 2.24) is 10.2 Å². The van der Waals surface area contributed by atoms with Gasteiger partial charge in [-0.05, 0) is 70.0 Å². The van der Waals surface area contributed by atoms with Crippen LogP contribution in [0.15, 0.2) is 71.6 Å². The Morgan fingerprint density at radius 2 is 1.45 bits per heavy atom. The number of carbonyl (C=O) groups is 2. The van der Waals surface area contributed by atoms with Crippen LogP contribution in [0.25, 0.3) is 0 Å². The second-order valence-corrected chi connectivity index (χ2v) is 12.7. The lowest BCUT2D eigenvalue weighted by Crippen LogP contribution is -2.53. The van der Waals surface area contributed by atoms with E-state index in [4.69, 9.17) is 23.2 Å². The van der Waals surface area contributed by atoms with Crippen LogP contribution < -0.4 is 9.62 Å². The standard InChI is InChI=1S/C30H35Cl2N3O4S/c1-6-28(30(37)33-20(2)3)34(18-23-11-7-21(4)8-12-23)29(36)19-35(24-13-16-26(31)27(32)17-24)40(38,39)25-14-9-22(5)10-15-25/h7-17,20,28H,6,18-19H2,1-5H3,(H,33,37). The summed E-state index contributed by atoms with van der Waals surface area (Å²) in [6.45, 7) is 8.90. The molecule has 10 heteroatoms. The van der Waals surface area contributed by atoms with Crippen LogP contribution in [0, 0.1) is 13.8 Å². The van der Waals surface area contributed by atoms with Crippen molar-refractivity contribution in [3.63, 3.8) is 0 Å². The summed E-state index contributed by atoms with van der Waals surface area (Å²) >= 11 is 12.4. The highest BCUT2D eigenvalue weighted by Gasteiger charge is 2.34. The van der Waals surface area contributed by atoms with Gasteiger partial charge in [0, 0.05) is 12.6 Å². The molecular weight excluding hydrogens is 569 g/mol. The highest BCUT2D eigenvalue weighted by molar-refractivity contribution is 7.92. The fraction of sp³-hybridized carbons (Fsp3) is 0.333. The number of benzene rings is 3. The third-order valence-corrected chi connectivity index (χ3v) is 8.90. The number of rotatable bonds is 11. The zero-order valence-corrected chi connectivity index (χ0v) is 25.6. The number of anilines is 1. The largest absolute Gasteiger partial charge is 0.352 e. The van der Waals surface area contributed by atoms with Crippen molar-refractivity contribution >= 4 is 50.7 Å². The summed E-state index contributed by atoms with van der Waals surface area (Å²) in [6, 6.07) is 17.5. The van der Waals surface area contributed by atoms with Gasteiger partial charge in [-0.1, -0.05) is 77.7 Å². The van der Waals surface area contributed by atoms with E-state index in [1.54, 1.807) is 12.1 Å². The summed E-state index contributed by atoms with van der Waals surface area (Å²) < 4.78 is 28.8. The summed E-state index contributed by atoms with van der Waals surface area (Å²) in [6.07, 6.45) is 0.341. The minimum absolute atomic E-state index is 0.0200. The first-order chi connectivity index (χ1) is 18.8. The van der Waals surface area contributed by atoms with E-state index < -0.39 is 28.5 Å². The van der Waals surface area contributed by atoms with E-state index in [0.29, 0.717) is 6.42 Å². The minimum Gasteiger partial charge on any atom is -0.352 e. The topological polar surface area (TPSA) is 86.8 Å². The molecule has 3 aromatic rings. The molecule has 0 aliphatic heterocycles. The van der Waals surface area contributed by atoms with E-state index in [-0.39, 0.29) is 39.1 Å². The van der Waals surface area contributed by atoms with E-state index in [0.717, 1.165) is 21.0 Å². The van der Waals surface area contributed by atoms with Gasteiger partial charge in [0.2, 0.25) is 11.8 Å². The summed E-state index contributed by atoms with van der Waals surface area (Å²) in [5.41, 5.74) is 2.94. The lowest BCUT2D eigenvalue weighted by Gasteiger charge is -2.33. The third-order valence-electron chi connectivity index (χ3n) is 6.37. The van der Waals surface area contributed by atoms with Crippen LogP contribution in [0.4, 0.5) is 5.69 Å². The molecule has 0 fully saturated rings. The summed E-state index contributed by atoms with van der Waals surface area (Å²) in [4.78, 5) is 28.7. The van der Waals surface area contributed by atoms with Crippen LogP contribution >= 0.6 is 23.2 Å². The molecule has 0 aromatic heterocycles. The Morgan fingerprint density at radius 1 is 0.875 bits per heavy atom. The van der Waals surface area contributed by atoms with Gasteiger partial charge in [-0.25, -0.2) is 8.42 Å². The smallest absolute Gasteiger partial charge is 0.264 e. The van der Waals surface area contributed by atoms with E-state index >= 15 is 0 Å². The molecule has 0 bridgehead atoms. The number of hydrogen-bond acceptors (Lipinski definition) is 4. The fourth-order valence-corrected chi connectivity index (χ4v) is 5.90. The zero-order valence-electron chi connectivity index (χ0n) is 23.3. The number of hydrogen-bond donors (Lipinski definition) is 1. The Hall–Kier alpha value is -3.07. The molecule has 0 aliphatic carbocycles. The van der Waals surface area contributed by atoms with E-state index in [9.17, 15) is 18.0 Å². The van der Waals surface area contributed by atoms with Gasteiger partial charge in [0.05, 0.1) is 20.6 Å². The molecule has 214 valence electrons. The van der Waals surface area contributed by atoms with E-state index in [2.05, 4.69) is 5.32 Å². The summed E-state index contributed by atoms with van der Waals surface area (Å²) in [5.74, 6) is -0.839. The van der Waals surface area contributed by atoms with Crippen LogP contribution in [-0.4, -0.2) is 43.8 Å². The van der Waals surface area contributed by atoms with Crippen molar-refractivity contribution < 1.29 is 18.0 Å². The van der Waals surface area contributed by atoms with Crippen LogP contribution in [-0.2, 0) is 26.2 Å². The van der Waals surface area contributed by atoms with Gasteiger partial charge >= 0.3 is 0 Å². The van der Waals surface area contributed by atoms with Gasteiger partial charge in [-0.2, -0.15) is 0 Å². The van der Waals surface area contributed by atoms with Crippen LogP contribution in [0.3, 0.4) is 0 Å². The van der Waals surface area contributed by atoms with Gasteiger partial charge in [-0.3, -0.25) is 13.9 Å². The Bertz CT molecular complexity index is 1440. The number of aryl methyl sites for hydroxylation is 2. The molecule has 1 unspecified atom stereocenters. The average molecular weight is 605 g/mol. The van der Waals surface area contributed by atoms with E-state index in [1.807, 2.05) is 58.9 Å². The SMILES string of the molecule is CCC(C(=O)NC(C)C)N(Cc1ccc(C)cc1)C(=O)CN(c1ccc(Cl)c(Cl)c1)S(=O)(=O)c1ccc(C)cc1. The lowest BCUT2D eigenvalue weighted by molar-refractivity contribution is -0.140. The van der Waals surface area contributed by atoms with Crippen molar-refractivity contribution in [3.8, 4) is 0 Å². The molecule has 0 heterocycles. The minimum atomic E-state index is -4.20. The molecule has 0 aliphatic rings. The third kappa shape index (κ3) is 7.77. The van der Waals surface area contributed by atoms with Crippen molar-refractivity contribution in [2.24, 2.45) is 0 Å². The van der Waals surface area contributed by atoms with Crippen molar-refractivity contribution in [1.29, 1.82) is 0 Å². The molecule has 0 saturated heterocycles. The van der Waals surface area contributed by atoms with Crippen LogP contribution in [0.1, 0.15) is 43.9 Å². The van der Waals surface area contributed by atoms with Crippen LogP contribution in [0.2, 0.25) is 10.0 Å². The van der Waals surface area contributed by atoms with Gasteiger partial charge in [0.15, 0.2) is 0 Å². The summed E-state index contributed by atoms with van der Waals surface area (Å²) in [5, 5.41) is 3.29. The summed E-state index contributed by atoms with van der Waals surface area (Å²) in [7, 11) is -4.20. The second-order valence-electron chi connectivity index (χ2n) is 10.0. The molecule has 1 atom stereocenters. The molecule has 0 radical (unpaired) electrons. The number of sulfonamides is 1. The number of nitrogens with one attached hydrogen (secondary N) is 1.